The maximum Gasteiger partial charge on any atom is 0.336 e. The highest BCUT2D eigenvalue weighted by Crippen LogP contribution is 1.98. The summed E-state index contributed by atoms with van der Waals surface area (Å²) in [6.07, 6.45) is 0. The second-order valence-corrected chi connectivity index (χ2v) is 2.06. The van der Waals surface area contributed by atoms with E-state index >= 15 is 0 Å². The third kappa shape index (κ3) is 1.45. The summed E-state index contributed by atoms with van der Waals surface area (Å²) >= 11 is 0. The molecule has 0 aromatic carbocycles. The van der Waals surface area contributed by atoms with E-state index in [0.717, 1.165) is 5.56 Å². The average molecular weight is 139 g/mol. The molecule has 3 heteroatoms. The van der Waals surface area contributed by atoms with Crippen LogP contribution in [0.1, 0.15) is 11.3 Å². The van der Waals surface area contributed by atoms with Gasteiger partial charge in [-0.25, -0.2) is 9.90 Å². The van der Waals surface area contributed by atoms with Crippen LogP contribution in [-0.2, 0) is 11.7 Å². The Bertz CT molecular complexity index is 274. The van der Waals surface area contributed by atoms with E-state index in [-0.39, 0.29) is 5.76 Å². The summed E-state index contributed by atoms with van der Waals surface area (Å²) in [4.78, 5) is 10.6. The van der Waals surface area contributed by atoms with Gasteiger partial charge in [-0.3, -0.25) is 0 Å². The molecule has 0 spiro atoms. The van der Waals surface area contributed by atoms with E-state index in [1.54, 1.807) is 13.0 Å². The molecule has 0 fully saturated rings. The molecule has 53 valence electrons. The molecule has 0 atom stereocenters. The zero-order valence-corrected chi connectivity index (χ0v) is 5.59. The molecule has 0 N–H and O–H groups in total. The Hall–Kier alpha value is -1.09. The minimum Gasteiger partial charge on any atom is -0.425 e. The highest BCUT2D eigenvalue weighted by atomic mass is 16.4. The minimum atomic E-state index is -0.475. The van der Waals surface area contributed by atoms with Crippen LogP contribution in [0.4, 0.5) is 0 Å². The lowest BCUT2D eigenvalue weighted by molar-refractivity contribution is 0.151. The van der Waals surface area contributed by atoms with Gasteiger partial charge in [-0.2, -0.15) is 0 Å². The second kappa shape index (κ2) is 2.66. The summed E-state index contributed by atoms with van der Waals surface area (Å²) in [5.41, 5.74) is 0.313. The molecular formula is C7H7O3. The smallest absolute Gasteiger partial charge is 0.336 e. The number of rotatable bonds is 1. The van der Waals surface area contributed by atoms with E-state index in [4.69, 9.17) is 0 Å². The maximum atomic E-state index is 10.6. The molecule has 1 rings (SSSR count). The Kier molecular flexibility index (Phi) is 1.87. The lowest BCUT2D eigenvalue weighted by Gasteiger charge is -1.92. The first-order valence-electron chi connectivity index (χ1n) is 2.91. The number of hydrogen-bond donors (Lipinski definition) is 0. The van der Waals surface area contributed by atoms with Gasteiger partial charge in [-0.15, -0.1) is 0 Å². The first-order chi connectivity index (χ1) is 4.72. The third-order valence-corrected chi connectivity index (χ3v) is 1.11. The van der Waals surface area contributed by atoms with Gasteiger partial charge < -0.3 is 4.42 Å². The van der Waals surface area contributed by atoms with Gasteiger partial charge in [-0.05, 0) is 18.6 Å². The van der Waals surface area contributed by atoms with Gasteiger partial charge in [-0.1, -0.05) is 0 Å². The summed E-state index contributed by atoms with van der Waals surface area (Å²) in [6.45, 7) is 1.27. The van der Waals surface area contributed by atoms with E-state index in [1.807, 2.05) is 0 Å². The Labute approximate surface area is 57.9 Å². The minimum absolute atomic E-state index is 0.199. The van der Waals surface area contributed by atoms with Crippen LogP contribution in [0.2, 0.25) is 0 Å². The van der Waals surface area contributed by atoms with Crippen LogP contribution in [0.3, 0.4) is 0 Å². The van der Waals surface area contributed by atoms with Crippen molar-refractivity contribution in [1.29, 1.82) is 0 Å². The van der Waals surface area contributed by atoms with Crippen LogP contribution >= 0.6 is 0 Å². The van der Waals surface area contributed by atoms with Gasteiger partial charge in [0.1, 0.15) is 12.4 Å². The molecule has 1 radical (unpaired) electrons. The van der Waals surface area contributed by atoms with Crippen molar-refractivity contribution in [2.75, 3.05) is 0 Å². The molecule has 1 aromatic heterocycles. The molecule has 10 heavy (non-hydrogen) atoms. The molecule has 1 aromatic rings. The largest absolute Gasteiger partial charge is 0.425 e. The van der Waals surface area contributed by atoms with Crippen LogP contribution in [-0.4, -0.2) is 0 Å². The van der Waals surface area contributed by atoms with Crippen molar-refractivity contribution in [3.05, 3.63) is 33.9 Å². The van der Waals surface area contributed by atoms with Crippen LogP contribution < -0.4 is 5.63 Å². The van der Waals surface area contributed by atoms with E-state index < -0.39 is 12.2 Å². The summed E-state index contributed by atoms with van der Waals surface area (Å²) in [5, 5.41) is 10.2. The van der Waals surface area contributed by atoms with Crippen molar-refractivity contribution in [3.63, 3.8) is 0 Å². The molecule has 0 unspecified atom stereocenters. The van der Waals surface area contributed by atoms with E-state index in [0.29, 0.717) is 0 Å². The molecular weight excluding hydrogens is 132 g/mol. The predicted molar refractivity (Wildman–Crippen MR) is 34.1 cm³/mol. The quantitative estimate of drug-likeness (QED) is 0.579. The first-order valence-corrected chi connectivity index (χ1v) is 2.91. The summed E-state index contributed by atoms with van der Waals surface area (Å²) in [5.74, 6) is 0.199. The number of aryl methyl sites for hydroxylation is 1. The van der Waals surface area contributed by atoms with Crippen molar-refractivity contribution < 1.29 is 9.52 Å². The fourth-order valence-electron chi connectivity index (χ4n) is 0.741. The molecule has 0 amide bonds. The van der Waals surface area contributed by atoms with Crippen molar-refractivity contribution >= 4 is 0 Å². The molecule has 0 saturated heterocycles. The molecule has 0 saturated carbocycles. The van der Waals surface area contributed by atoms with Gasteiger partial charge in [0.05, 0.1) is 0 Å². The lowest BCUT2D eigenvalue weighted by Crippen LogP contribution is -1.99. The summed E-state index contributed by atoms with van der Waals surface area (Å²) < 4.78 is 4.54. The summed E-state index contributed by atoms with van der Waals surface area (Å²) in [7, 11) is 0. The van der Waals surface area contributed by atoms with Crippen molar-refractivity contribution in [2.24, 2.45) is 0 Å². The van der Waals surface area contributed by atoms with Crippen molar-refractivity contribution in [1.82, 2.24) is 0 Å². The van der Waals surface area contributed by atoms with Crippen molar-refractivity contribution in [2.45, 2.75) is 13.5 Å². The zero-order valence-electron chi connectivity index (χ0n) is 5.59. The molecule has 3 nitrogen and oxygen atoms in total. The maximum absolute atomic E-state index is 10.6. The standard InChI is InChI=1S/C7H7O3/c1-5-2-6(4-8)10-7(9)3-5/h2-3H,4H2,1H3. The lowest BCUT2D eigenvalue weighted by atomic mass is 10.3. The predicted octanol–water partition coefficient (Wildman–Crippen LogP) is 0.879. The fourth-order valence-corrected chi connectivity index (χ4v) is 0.741. The molecule has 0 aliphatic rings. The fraction of sp³-hybridized carbons (Fsp3) is 0.286. The SMILES string of the molecule is Cc1cc(C[O])oc(=O)c1. The third-order valence-electron chi connectivity index (χ3n) is 1.11. The Morgan fingerprint density at radius 2 is 2.20 bits per heavy atom. The highest BCUT2D eigenvalue weighted by Gasteiger charge is 1.95. The number of hydrogen-bond acceptors (Lipinski definition) is 2. The Balaban J connectivity index is 3.19. The van der Waals surface area contributed by atoms with Crippen molar-refractivity contribution in [3.8, 4) is 0 Å². The van der Waals surface area contributed by atoms with Crippen LogP contribution in [0, 0.1) is 6.92 Å². The van der Waals surface area contributed by atoms with E-state index in [2.05, 4.69) is 4.42 Å². The van der Waals surface area contributed by atoms with E-state index in [1.165, 1.54) is 6.07 Å². The van der Waals surface area contributed by atoms with Crippen LogP contribution in [0.15, 0.2) is 21.3 Å². The molecule has 1 heterocycles. The Morgan fingerprint density at radius 3 is 2.70 bits per heavy atom. The van der Waals surface area contributed by atoms with Gasteiger partial charge in [0, 0.05) is 6.07 Å². The highest BCUT2D eigenvalue weighted by molar-refractivity contribution is 5.10. The summed E-state index contributed by atoms with van der Waals surface area (Å²) in [6, 6.07) is 2.91. The van der Waals surface area contributed by atoms with Gasteiger partial charge in [0.2, 0.25) is 0 Å². The van der Waals surface area contributed by atoms with E-state index in [9.17, 15) is 9.90 Å². The zero-order chi connectivity index (χ0) is 7.56. The van der Waals surface area contributed by atoms with Gasteiger partial charge in [0.25, 0.3) is 0 Å². The topological polar surface area (TPSA) is 50.1 Å². The molecule has 0 aliphatic heterocycles. The van der Waals surface area contributed by atoms with Crippen LogP contribution in [0.25, 0.3) is 0 Å². The van der Waals surface area contributed by atoms with Gasteiger partial charge in [0.15, 0.2) is 0 Å². The Morgan fingerprint density at radius 1 is 1.50 bits per heavy atom. The molecule has 0 bridgehead atoms. The monoisotopic (exact) mass is 139 g/mol. The normalized spacial score (nSPS) is 9.80. The average Bonchev–Trinajstić information content (AvgIpc) is 1.85. The van der Waals surface area contributed by atoms with Crippen LogP contribution in [0.5, 0.6) is 0 Å². The second-order valence-electron chi connectivity index (χ2n) is 2.06. The molecule has 0 aliphatic carbocycles. The van der Waals surface area contributed by atoms with Gasteiger partial charge >= 0.3 is 5.63 Å². The first kappa shape index (κ1) is 7.02.